The third kappa shape index (κ3) is 7.51. The second-order valence-electron chi connectivity index (χ2n) is 5.26. The molecule has 1 rings (SSSR count). The lowest BCUT2D eigenvalue weighted by molar-refractivity contribution is -0.121. The van der Waals surface area contributed by atoms with Crippen LogP contribution in [0.4, 0.5) is 0 Å². The van der Waals surface area contributed by atoms with E-state index in [1.165, 1.54) is 0 Å². The first-order valence-corrected chi connectivity index (χ1v) is 7.55. The van der Waals surface area contributed by atoms with Crippen LogP contribution in [-0.2, 0) is 16.0 Å². The number of benzene rings is 1. The molecule has 0 heterocycles. The molecule has 1 amide bonds. The fourth-order valence-corrected chi connectivity index (χ4v) is 1.99. The first kappa shape index (κ1) is 17.0. The Morgan fingerprint density at radius 1 is 1.35 bits per heavy atom. The van der Waals surface area contributed by atoms with Crippen molar-refractivity contribution in [2.75, 3.05) is 19.8 Å². The van der Waals surface area contributed by atoms with Gasteiger partial charge >= 0.3 is 0 Å². The first-order chi connectivity index (χ1) is 9.59. The zero-order chi connectivity index (χ0) is 14.8. The number of halogens is 1. The molecular weight excluding hydrogens is 274 g/mol. The van der Waals surface area contributed by atoms with Crippen LogP contribution in [0.3, 0.4) is 0 Å². The summed E-state index contributed by atoms with van der Waals surface area (Å²) < 4.78 is 5.45. The van der Waals surface area contributed by atoms with Gasteiger partial charge < -0.3 is 10.1 Å². The number of hydrogen-bond donors (Lipinski definition) is 1. The van der Waals surface area contributed by atoms with Crippen molar-refractivity contribution in [1.82, 2.24) is 5.32 Å². The Balaban J connectivity index is 2.08. The molecule has 3 nitrogen and oxygen atoms in total. The van der Waals surface area contributed by atoms with Crippen molar-refractivity contribution in [3.05, 3.63) is 34.9 Å². The minimum Gasteiger partial charge on any atom is -0.381 e. The molecule has 0 aliphatic heterocycles. The van der Waals surface area contributed by atoms with Crippen LogP contribution in [0.25, 0.3) is 0 Å². The maximum atomic E-state index is 11.7. The summed E-state index contributed by atoms with van der Waals surface area (Å²) in [5, 5.41) is 3.62. The summed E-state index contributed by atoms with van der Waals surface area (Å²) in [5.74, 6) is 0.619. The summed E-state index contributed by atoms with van der Waals surface area (Å²) >= 11 is 6.05. The molecule has 0 fully saturated rings. The monoisotopic (exact) mass is 297 g/mol. The molecule has 1 aromatic carbocycles. The molecule has 1 N–H and O–H groups in total. The van der Waals surface area contributed by atoms with Crippen molar-refractivity contribution in [2.45, 2.75) is 33.1 Å². The summed E-state index contributed by atoms with van der Waals surface area (Å²) in [6.07, 6.45) is 2.00. The lowest BCUT2D eigenvalue weighted by Crippen LogP contribution is -2.25. The van der Waals surface area contributed by atoms with Crippen LogP contribution >= 0.6 is 11.6 Å². The van der Waals surface area contributed by atoms with Crippen molar-refractivity contribution < 1.29 is 9.53 Å². The number of rotatable bonds is 9. The summed E-state index contributed by atoms with van der Waals surface area (Å²) in [6.45, 7) is 6.38. The van der Waals surface area contributed by atoms with E-state index in [2.05, 4.69) is 19.2 Å². The average Bonchev–Trinajstić information content (AvgIpc) is 2.41. The third-order valence-corrected chi connectivity index (χ3v) is 3.19. The van der Waals surface area contributed by atoms with Gasteiger partial charge in [-0.25, -0.2) is 0 Å². The Morgan fingerprint density at radius 3 is 2.80 bits per heavy atom. The number of hydrogen-bond acceptors (Lipinski definition) is 2. The van der Waals surface area contributed by atoms with Crippen molar-refractivity contribution in [2.24, 2.45) is 5.92 Å². The van der Waals surface area contributed by atoms with Crippen LogP contribution in [0, 0.1) is 5.92 Å². The van der Waals surface area contributed by atoms with E-state index in [1.54, 1.807) is 0 Å². The van der Waals surface area contributed by atoms with Gasteiger partial charge in [0.25, 0.3) is 0 Å². The summed E-state index contributed by atoms with van der Waals surface area (Å²) in [7, 11) is 0. The van der Waals surface area contributed by atoms with E-state index in [-0.39, 0.29) is 5.91 Å². The Hall–Kier alpha value is -1.06. The quantitative estimate of drug-likeness (QED) is 0.709. The van der Waals surface area contributed by atoms with Crippen LogP contribution in [0.15, 0.2) is 24.3 Å². The highest BCUT2D eigenvalue weighted by Gasteiger charge is 2.04. The fraction of sp³-hybridized carbons (Fsp3) is 0.562. The highest BCUT2D eigenvalue weighted by atomic mass is 35.5. The number of ether oxygens (including phenoxy) is 1. The van der Waals surface area contributed by atoms with Crippen molar-refractivity contribution in [1.29, 1.82) is 0 Å². The highest BCUT2D eigenvalue weighted by molar-refractivity contribution is 6.31. The smallest absolute Gasteiger partial charge is 0.220 e. The first-order valence-electron chi connectivity index (χ1n) is 7.17. The molecular formula is C16H24ClNO2. The molecule has 1 aromatic rings. The van der Waals surface area contributed by atoms with Gasteiger partial charge in [0, 0.05) is 31.2 Å². The second-order valence-corrected chi connectivity index (χ2v) is 5.67. The van der Waals surface area contributed by atoms with Crippen LogP contribution in [0.2, 0.25) is 5.02 Å². The highest BCUT2D eigenvalue weighted by Crippen LogP contribution is 2.16. The molecule has 4 heteroatoms. The summed E-state index contributed by atoms with van der Waals surface area (Å²) in [4.78, 5) is 11.7. The lowest BCUT2D eigenvalue weighted by Gasteiger charge is -2.08. The Kier molecular flexibility index (Phi) is 8.31. The van der Waals surface area contributed by atoms with E-state index in [9.17, 15) is 4.79 Å². The SMILES string of the molecule is CC(C)COCCCNC(=O)CCc1ccccc1Cl. The largest absolute Gasteiger partial charge is 0.381 e. The molecule has 112 valence electrons. The van der Waals surface area contributed by atoms with Gasteiger partial charge in [-0.05, 0) is 30.4 Å². The fourth-order valence-electron chi connectivity index (χ4n) is 1.76. The minimum atomic E-state index is 0.0637. The average molecular weight is 298 g/mol. The van der Waals surface area contributed by atoms with Gasteiger partial charge in [-0.2, -0.15) is 0 Å². The molecule has 0 aliphatic carbocycles. The van der Waals surface area contributed by atoms with Crippen LogP contribution in [0.1, 0.15) is 32.3 Å². The molecule has 20 heavy (non-hydrogen) atoms. The van der Waals surface area contributed by atoms with E-state index in [0.717, 1.165) is 23.6 Å². The van der Waals surface area contributed by atoms with Gasteiger partial charge in [-0.15, -0.1) is 0 Å². The number of carbonyl (C=O) groups is 1. The van der Waals surface area contributed by atoms with Crippen LogP contribution in [0.5, 0.6) is 0 Å². The predicted molar refractivity (Wildman–Crippen MR) is 83.1 cm³/mol. The number of nitrogens with one attached hydrogen (secondary N) is 1. The molecule has 0 aliphatic rings. The topological polar surface area (TPSA) is 38.3 Å². The third-order valence-electron chi connectivity index (χ3n) is 2.82. The lowest BCUT2D eigenvalue weighted by atomic mass is 10.1. The maximum absolute atomic E-state index is 11.7. The van der Waals surface area contributed by atoms with Crippen LogP contribution in [-0.4, -0.2) is 25.7 Å². The molecule has 0 atom stereocenters. The minimum absolute atomic E-state index is 0.0637. The van der Waals surface area contributed by atoms with Crippen LogP contribution < -0.4 is 5.32 Å². The van der Waals surface area contributed by atoms with Crippen molar-refractivity contribution >= 4 is 17.5 Å². The van der Waals surface area contributed by atoms with Gasteiger partial charge in [0.1, 0.15) is 0 Å². The summed E-state index contributed by atoms with van der Waals surface area (Å²) in [5.41, 5.74) is 1.02. The van der Waals surface area contributed by atoms with Crippen molar-refractivity contribution in [3.63, 3.8) is 0 Å². The molecule has 0 unspecified atom stereocenters. The zero-order valence-corrected chi connectivity index (χ0v) is 13.1. The van der Waals surface area contributed by atoms with Gasteiger partial charge in [0.2, 0.25) is 5.91 Å². The molecule has 0 saturated heterocycles. The molecule has 0 bridgehead atoms. The van der Waals surface area contributed by atoms with Gasteiger partial charge in [0.15, 0.2) is 0 Å². The zero-order valence-electron chi connectivity index (χ0n) is 12.3. The number of carbonyl (C=O) groups excluding carboxylic acids is 1. The Morgan fingerprint density at radius 2 is 2.10 bits per heavy atom. The molecule has 0 radical (unpaired) electrons. The normalized spacial score (nSPS) is 10.8. The van der Waals surface area contributed by atoms with E-state index in [4.69, 9.17) is 16.3 Å². The molecule has 0 spiro atoms. The second kappa shape index (κ2) is 9.78. The standard InChI is InChI=1S/C16H24ClNO2/c1-13(2)12-20-11-5-10-18-16(19)9-8-14-6-3-4-7-15(14)17/h3-4,6-7,13H,5,8-12H2,1-2H3,(H,18,19). The molecule has 0 aromatic heterocycles. The van der Waals surface area contributed by atoms with E-state index in [0.29, 0.717) is 31.9 Å². The Labute approximate surface area is 126 Å². The van der Waals surface area contributed by atoms with E-state index < -0.39 is 0 Å². The van der Waals surface area contributed by atoms with Gasteiger partial charge in [0.05, 0.1) is 0 Å². The van der Waals surface area contributed by atoms with Gasteiger partial charge in [-0.1, -0.05) is 43.6 Å². The maximum Gasteiger partial charge on any atom is 0.220 e. The van der Waals surface area contributed by atoms with Gasteiger partial charge in [-0.3, -0.25) is 4.79 Å². The molecule has 0 saturated carbocycles. The predicted octanol–water partition coefficient (Wildman–Crippen LogP) is 3.45. The number of amides is 1. The van der Waals surface area contributed by atoms with Crippen molar-refractivity contribution in [3.8, 4) is 0 Å². The van der Waals surface area contributed by atoms with E-state index >= 15 is 0 Å². The van der Waals surface area contributed by atoms with E-state index in [1.807, 2.05) is 24.3 Å². The number of aryl methyl sites for hydroxylation is 1. The Bertz CT molecular complexity index is 407. The summed E-state index contributed by atoms with van der Waals surface area (Å²) in [6, 6.07) is 7.63.